The number of likely N-dealkylation sites (tertiary alicyclic amines) is 1. The number of aromatic amines is 1. The third-order valence-electron chi connectivity index (χ3n) is 6.57. The average molecular weight is 420 g/mol. The van der Waals surface area contributed by atoms with Crippen LogP contribution >= 0.6 is 0 Å². The molecule has 3 aromatic rings. The van der Waals surface area contributed by atoms with Crippen LogP contribution in [0.15, 0.2) is 41.2 Å². The molecule has 0 spiro atoms. The minimum absolute atomic E-state index is 0.0404. The summed E-state index contributed by atoms with van der Waals surface area (Å²) in [6.45, 7) is 6.01. The van der Waals surface area contributed by atoms with Crippen LogP contribution in [-0.2, 0) is 17.8 Å². The zero-order chi connectivity index (χ0) is 21.4. The first-order chi connectivity index (χ1) is 15.1. The van der Waals surface area contributed by atoms with E-state index in [4.69, 9.17) is 4.98 Å². The summed E-state index contributed by atoms with van der Waals surface area (Å²) in [6.07, 6.45) is 4.29. The predicted octanol–water partition coefficient (Wildman–Crippen LogP) is 2.70. The van der Waals surface area contributed by atoms with Gasteiger partial charge in [-0.1, -0.05) is 43.7 Å². The molecule has 0 bridgehead atoms. The number of hydrogen-bond acceptors (Lipinski definition) is 4. The summed E-state index contributed by atoms with van der Waals surface area (Å²) in [4.78, 5) is 35.2. The predicted molar refractivity (Wildman–Crippen MR) is 120 cm³/mol. The van der Waals surface area contributed by atoms with Gasteiger partial charge in [-0.2, -0.15) is 0 Å². The second-order valence-corrected chi connectivity index (χ2v) is 8.84. The molecule has 7 nitrogen and oxygen atoms in total. The molecule has 7 heteroatoms. The molecule has 0 radical (unpaired) electrons. The largest absolute Gasteiger partial charge is 0.336 e. The normalized spacial score (nSPS) is 18.2. The number of piperidine rings is 1. The van der Waals surface area contributed by atoms with Crippen molar-refractivity contribution in [2.45, 2.75) is 39.2 Å². The standard InChI is InChI=1S/C24H29N5O2/c1-17(15-27-11-6-3-7-12-27)23(30)28-13-10-19-21(16-28)25-22-14-20(26-29(22)24(19)31)18-8-4-2-5-9-18/h2,4-5,8-9,14,17,26H,3,6-7,10-13,15-16H2,1H3. The Labute approximate surface area is 181 Å². The highest BCUT2D eigenvalue weighted by Gasteiger charge is 2.29. The quantitative estimate of drug-likeness (QED) is 0.706. The average Bonchev–Trinajstić information content (AvgIpc) is 3.24. The first-order valence-electron chi connectivity index (χ1n) is 11.3. The molecular formula is C24H29N5O2. The van der Waals surface area contributed by atoms with Crippen molar-refractivity contribution in [3.63, 3.8) is 0 Å². The molecule has 5 rings (SSSR count). The van der Waals surface area contributed by atoms with E-state index < -0.39 is 0 Å². The van der Waals surface area contributed by atoms with Crippen molar-refractivity contribution in [3.05, 3.63) is 58.0 Å². The van der Waals surface area contributed by atoms with Gasteiger partial charge in [0.15, 0.2) is 5.65 Å². The summed E-state index contributed by atoms with van der Waals surface area (Å²) in [5.41, 5.74) is 3.85. The molecule has 1 atom stereocenters. The van der Waals surface area contributed by atoms with E-state index in [1.807, 2.05) is 48.2 Å². The molecule has 1 unspecified atom stereocenters. The highest BCUT2D eigenvalue weighted by Crippen LogP contribution is 2.22. The number of nitrogens with one attached hydrogen (secondary N) is 1. The lowest BCUT2D eigenvalue weighted by Crippen LogP contribution is -2.45. The van der Waals surface area contributed by atoms with Gasteiger partial charge in [0.05, 0.1) is 17.9 Å². The maximum atomic E-state index is 13.1. The van der Waals surface area contributed by atoms with Gasteiger partial charge >= 0.3 is 0 Å². The maximum Gasteiger partial charge on any atom is 0.276 e. The van der Waals surface area contributed by atoms with Gasteiger partial charge in [0.25, 0.3) is 5.56 Å². The molecule has 162 valence electrons. The second-order valence-electron chi connectivity index (χ2n) is 8.84. The molecular weight excluding hydrogens is 390 g/mol. The van der Waals surface area contributed by atoms with Gasteiger partial charge in [-0.05, 0) is 37.9 Å². The zero-order valence-electron chi connectivity index (χ0n) is 18.0. The summed E-state index contributed by atoms with van der Waals surface area (Å²) >= 11 is 0. The van der Waals surface area contributed by atoms with E-state index in [9.17, 15) is 9.59 Å². The molecule has 1 saturated heterocycles. The Bertz CT molecular complexity index is 1140. The van der Waals surface area contributed by atoms with Gasteiger partial charge < -0.3 is 9.80 Å². The molecule has 1 amide bonds. The van der Waals surface area contributed by atoms with Gasteiger partial charge in [-0.25, -0.2) is 9.50 Å². The summed E-state index contributed by atoms with van der Waals surface area (Å²) in [5, 5.41) is 3.18. The van der Waals surface area contributed by atoms with Crippen LogP contribution in [-0.4, -0.2) is 56.5 Å². The third kappa shape index (κ3) is 3.90. The summed E-state index contributed by atoms with van der Waals surface area (Å²) < 4.78 is 1.53. The fourth-order valence-corrected chi connectivity index (χ4v) is 4.87. The van der Waals surface area contributed by atoms with Crippen LogP contribution in [0.25, 0.3) is 16.9 Å². The van der Waals surface area contributed by atoms with E-state index in [0.717, 1.165) is 36.6 Å². The number of H-pyrrole nitrogens is 1. The SMILES string of the molecule is CC(CN1CCCCC1)C(=O)N1CCc2c(nc3cc(-c4ccccc4)[nH]n3c2=O)C1. The number of benzene rings is 1. The number of rotatable bonds is 4. The van der Waals surface area contributed by atoms with E-state index >= 15 is 0 Å². The van der Waals surface area contributed by atoms with Crippen LogP contribution in [0.4, 0.5) is 0 Å². The number of aromatic nitrogens is 3. The number of carbonyl (C=O) groups is 1. The minimum Gasteiger partial charge on any atom is -0.336 e. The van der Waals surface area contributed by atoms with E-state index in [1.54, 1.807) is 0 Å². The van der Waals surface area contributed by atoms with Crippen molar-refractivity contribution in [2.75, 3.05) is 26.2 Å². The molecule has 1 fully saturated rings. The molecule has 2 aromatic heterocycles. The molecule has 1 aromatic carbocycles. The number of amides is 1. The van der Waals surface area contributed by atoms with Crippen LogP contribution in [0.5, 0.6) is 0 Å². The van der Waals surface area contributed by atoms with E-state index in [0.29, 0.717) is 30.7 Å². The summed E-state index contributed by atoms with van der Waals surface area (Å²) in [5.74, 6) is 0.124. The van der Waals surface area contributed by atoms with Crippen LogP contribution in [0.1, 0.15) is 37.4 Å². The van der Waals surface area contributed by atoms with E-state index in [-0.39, 0.29) is 17.4 Å². The van der Waals surface area contributed by atoms with Crippen molar-refractivity contribution in [1.29, 1.82) is 0 Å². The van der Waals surface area contributed by atoms with Crippen molar-refractivity contribution in [2.24, 2.45) is 5.92 Å². The molecule has 2 aliphatic heterocycles. The Morgan fingerprint density at radius 3 is 2.68 bits per heavy atom. The number of fused-ring (bicyclic) bond motifs is 2. The first kappa shape index (κ1) is 20.0. The van der Waals surface area contributed by atoms with Crippen LogP contribution in [0, 0.1) is 5.92 Å². The van der Waals surface area contributed by atoms with Crippen molar-refractivity contribution in [3.8, 4) is 11.3 Å². The van der Waals surface area contributed by atoms with Crippen molar-refractivity contribution in [1.82, 2.24) is 24.4 Å². The number of nitrogens with zero attached hydrogens (tertiary/aromatic N) is 4. The highest BCUT2D eigenvalue weighted by molar-refractivity contribution is 5.79. The van der Waals surface area contributed by atoms with Crippen molar-refractivity contribution >= 4 is 11.6 Å². The second kappa shape index (κ2) is 8.30. The van der Waals surface area contributed by atoms with Crippen LogP contribution in [0.3, 0.4) is 0 Å². The van der Waals surface area contributed by atoms with Gasteiger partial charge in [-0.15, -0.1) is 0 Å². The maximum absolute atomic E-state index is 13.1. The van der Waals surface area contributed by atoms with E-state index in [1.165, 1.54) is 23.8 Å². The Morgan fingerprint density at radius 1 is 1.13 bits per heavy atom. The smallest absolute Gasteiger partial charge is 0.276 e. The van der Waals surface area contributed by atoms with Crippen molar-refractivity contribution < 1.29 is 4.79 Å². The van der Waals surface area contributed by atoms with E-state index in [2.05, 4.69) is 10.00 Å². The van der Waals surface area contributed by atoms with Gasteiger partial charge in [-0.3, -0.25) is 14.7 Å². The Hall–Kier alpha value is -2.93. The molecule has 0 saturated carbocycles. The summed E-state index contributed by atoms with van der Waals surface area (Å²) in [7, 11) is 0. The number of hydrogen-bond donors (Lipinski definition) is 1. The van der Waals surface area contributed by atoms with Gasteiger partial charge in [0.1, 0.15) is 0 Å². The lowest BCUT2D eigenvalue weighted by Gasteiger charge is -2.33. The van der Waals surface area contributed by atoms with Crippen LogP contribution in [0.2, 0.25) is 0 Å². The fraction of sp³-hybridized carbons (Fsp3) is 0.458. The number of carbonyl (C=O) groups excluding carboxylic acids is 1. The molecule has 1 N–H and O–H groups in total. The lowest BCUT2D eigenvalue weighted by molar-refractivity contribution is -0.136. The fourth-order valence-electron chi connectivity index (χ4n) is 4.87. The Balaban J connectivity index is 1.37. The van der Waals surface area contributed by atoms with Crippen LogP contribution < -0.4 is 5.56 Å². The lowest BCUT2D eigenvalue weighted by atomic mass is 10.0. The molecule has 0 aliphatic carbocycles. The third-order valence-corrected chi connectivity index (χ3v) is 6.57. The zero-order valence-corrected chi connectivity index (χ0v) is 18.0. The minimum atomic E-state index is -0.0596. The molecule has 2 aliphatic rings. The molecule has 4 heterocycles. The highest BCUT2D eigenvalue weighted by atomic mass is 16.2. The summed E-state index contributed by atoms with van der Waals surface area (Å²) in [6, 6.07) is 11.8. The Kier molecular flexibility index (Phi) is 5.36. The first-order valence-corrected chi connectivity index (χ1v) is 11.3. The Morgan fingerprint density at radius 2 is 1.90 bits per heavy atom. The molecule has 31 heavy (non-hydrogen) atoms. The monoisotopic (exact) mass is 419 g/mol. The topological polar surface area (TPSA) is 73.7 Å². The van der Waals surface area contributed by atoms with Gasteiger partial charge in [0.2, 0.25) is 5.91 Å². The van der Waals surface area contributed by atoms with Gasteiger partial charge in [0, 0.05) is 30.6 Å².